The van der Waals surface area contributed by atoms with Crippen LogP contribution in [-0.2, 0) is 0 Å². The molecule has 11 heteroatoms. The summed E-state index contributed by atoms with van der Waals surface area (Å²) in [6.45, 7) is 3.91. The van der Waals surface area contributed by atoms with Crippen molar-refractivity contribution in [2.45, 2.75) is 19.8 Å². The van der Waals surface area contributed by atoms with Gasteiger partial charge in [0.2, 0.25) is 0 Å². The molecule has 0 aliphatic rings. The molecule has 0 spiro atoms. The molecule has 0 saturated carbocycles. The van der Waals surface area contributed by atoms with Crippen molar-refractivity contribution < 1.29 is 18.7 Å². The maximum Gasteiger partial charge on any atom is 0.325 e. The summed E-state index contributed by atoms with van der Waals surface area (Å²) < 4.78 is 21.2. The van der Waals surface area contributed by atoms with Crippen molar-refractivity contribution in [1.29, 1.82) is 0 Å². The SMILES string of the molecule is CNC(=O)c1cc(Oc2ccc(N(C(N)=O)c3cc(C(C)C)nn3-c3cncc(F)c3)cc2)ccn1. The lowest BCUT2D eigenvalue weighted by atomic mass is 10.1. The van der Waals surface area contributed by atoms with Crippen LogP contribution in [-0.4, -0.2) is 38.7 Å². The largest absolute Gasteiger partial charge is 0.457 e. The van der Waals surface area contributed by atoms with Crippen molar-refractivity contribution in [3.63, 3.8) is 0 Å². The molecule has 0 unspecified atom stereocenters. The number of hydrogen-bond acceptors (Lipinski definition) is 6. The first-order valence-electron chi connectivity index (χ1n) is 11.0. The average Bonchev–Trinajstić information content (AvgIpc) is 3.30. The fourth-order valence-corrected chi connectivity index (χ4v) is 3.44. The number of urea groups is 1. The van der Waals surface area contributed by atoms with Gasteiger partial charge in [-0.3, -0.25) is 14.8 Å². The summed E-state index contributed by atoms with van der Waals surface area (Å²) in [5.41, 5.74) is 7.45. The highest BCUT2D eigenvalue weighted by molar-refractivity contribution is 5.98. The fraction of sp³-hybridized carbons (Fsp3) is 0.160. The summed E-state index contributed by atoms with van der Waals surface area (Å²) >= 11 is 0. The van der Waals surface area contributed by atoms with Crippen molar-refractivity contribution in [3.8, 4) is 17.2 Å². The van der Waals surface area contributed by atoms with Crippen LogP contribution in [0.1, 0.15) is 35.9 Å². The van der Waals surface area contributed by atoms with E-state index in [0.29, 0.717) is 34.4 Å². The lowest BCUT2D eigenvalue weighted by Crippen LogP contribution is -2.33. The lowest BCUT2D eigenvalue weighted by Gasteiger charge is -2.21. The number of benzene rings is 1. The second kappa shape index (κ2) is 10.2. The normalized spacial score (nSPS) is 10.8. The Morgan fingerprint density at radius 1 is 1.08 bits per heavy atom. The molecule has 0 aliphatic carbocycles. The number of nitrogens with two attached hydrogens (primary N) is 1. The number of primary amides is 1. The number of carbonyl (C=O) groups is 2. The summed E-state index contributed by atoms with van der Waals surface area (Å²) in [6, 6.07) is 12.0. The number of ether oxygens (including phenoxy) is 1. The van der Waals surface area contributed by atoms with E-state index in [9.17, 15) is 14.0 Å². The molecule has 0 bridgehead atoms. The Morgan fingerprint density at radius 3 is 2.47 bits per heavy atom. The number of nitrogens with one attached hydrogen (secondary N) is 1. The van der Waals surface area contributed by atoms with E-state index >= 15 is 0 Å². The van der Waals surface area contributed by atoms with Gasteiger partial charge >= 0.3 is 6.03 Å². The molecule has 0 radical (unpaired) electrons. The minimum Gasteiger partial charge on any atom is -0.457 e. The van der Waals surface area contributed by atoms with E-state index in [0.717, 1.165) is 6.20 Å². The molecule has 4 rings (SSSR count). The minimum atomic E-state index is -0.756. The Kier molecular flexibility index (Phi) is 6.91. The first kappa shape index (κ1) is 24.3. The molecule has 36 heavy (non-hydrogen) atoms. The molecule has 1 aromatic carbocycles. The summed E-state index contributed by atoms with van der Waals surface area (Å²) in [7, 11) is 1.52. The maximum absolute atomic E-state index is 13.9. The van der Waals surface area contributed by atoms with Gasteiger partial charge in [-0.15, -0.1) is 0 Å². The molecule has 0 saturated heterocycles. The number of aromatic nitrogens is 4. The fourth-order valence-electron chi connectivity index (χ4n) is 3.44. The molecule has 184 valence electrons. The number of amides is 3. The molecule has 4 aromatic rings. The first-order chi connectivity index (χ1) is 17.3. The summed E-state index contributed by atoms with van der Waals surface area (Å²) in [5, 5.41) is 7.06. The van der Waals surface area contributed by atoms with Gasteiger partial charge in [0.15, 0.2) is 0 Å². The Morgan fingerprint density at radius 2 is 1.83 bits per heavy atom. The first-order valence-corrected chi connectivity index (χ1v) is 11.0. The van der Waals surface area contributed by atoms with Crippen LogP contribution in [0.5, 0.6) is 11.5 Å². The van der Waals surface area contributed by atoms with E-state index in [1.807, 2.05) is 13.8 Å². The van der Waals surface area contributed by atoms with Crippen molar-refractivity contribution >= 4 is 23.4 Å². The highest BCUT2D eigenvalue weighted by Crippen LogP contribution is 2.32. The molecular formula is C25H24FN7O3. The molecule has 0 fully saturated rings. The number of anilines is 2. The van der Waals surface area contributed by atoms with Crippen LogP contribution in [0.15, 0.2) is 67.1 Å². The number of hydrogen-bond donors (Lipinski definition) is 2. The Hall–Kier alpha value is -4.80. The predicted octanol–water partition coefficient (Wildman–Crippen LogP) is 4.29. The van der Waals surface area contributed by atoms with Gasteiger partial charge < -0.3 is 15.8 Å². The van der Waals surface area contributed by atoms with E-state index in [1.54, 1.807) is 36.4 Å². The Labute approximate surface area is 206 Å². The van der Waals surface area contributed by atoms with Crippen LogP contribution in [0.4, 0.5) is 20.7 Å². The molecule has 0 aliphatic heterocycles. The number of nitrogens with zero attached hydrogens (tertiary/aromatic N) is 5. The number of halogens is 1. The Bertz CT molecular complexity index is 1400. The number of carbonyl (C=O) groups excluding carboxylic acids is 2. The number of rotatable bonds is 7. The van der Waals surface area contributed by atoms with Crippen molar-refractivity contribution in [2.75, 3.05) is 11.9 Å². The van der Waals surface area contributed by atoms with Gasteiger partial charge in [-0.25, -0.2) is 18.8 Å². The van der Waals surface area contributed by atoms with Crippen LogP contribution >= 0.6 is 0 Å². The Balaban J connectivity index is 1.68. The second-order valence-corrected chi connectivity index (χ2v) is 8.08. The molecule has 0 atom stereocenters. The maximum atomic E-state index is 13.9. The monoisotopic (exact) mass is 489 g/mol. The van der Waals surface area contributed by atoms with E-state index < -0.39 is 11.8 Å². The summed E-state index contributed by atoms with van der Waals surface area (Å²) in [5.74, 6) is 0.375. The lowest BCUT2D eigenvalue weighted by molar-refractivity contribution is 0.0957. The third kappa shape index (κ3) is 5.14. The zero-order chi connectivity index (χ0) is 25.8. The molecule has 10 nitrogen and oxygen atoms in total. The zero-order valence-electron chi connectivity index (χ0n) is 19.8. The highest BCUT2D eigenvalue weighted by Gasteiger charge is 2.23. The smallest absolute Gasteiger partial charge is 0.325 e. The molecular weight excluding hydrogens is 465 g/mol. The van der Waals surface area contributed by atoms with Gasteiger partial charge in [0.25, 0.3) is 5.91 Å². The third-order valence-corrected chi connectivity index (χ3v) is 5.21. The van der Waals surface area contributed by atoms with Gasteiger partial charge in [0.05, 0.1) is 29.5 Å². The summed E-state index contributed by atoms with van der Waals surface area (Å²) in [4.78, 5) is 33.6. The van der Waals surface area contributed by atoms with E-state index in [-0.39, 0.29) is 17.5 Å². The van der Waals surface area contributed by atoms with E-state index in [4.69, 9.17) is 10.5 Å². The predicted molar refractivity (Wildman–Crippen MR) is 131 cm³/mol. The molecule has 3 amide bonds. The van der Waals surface area contributed by atoms with Crippen LogP contribution < -0.4 is 20.7 Å². The van der Waals surface area contributed by atoms with Crippen LogP contribution in [0.3, 0.4) is 0 Å². The van der Waals surface area contributed by atoms with Gasteiger partial charge in [-0.05, 0) is 36.2 Å². The second-order valence-electron chi connectivity index (χ2n) is 8.08. The van der Waals surface area contributed by atoms with Gasteiger partial charge in [-0.1, -0.05) is 13.8 Å². The van der Waals surface area contributed by atoms with Crippen LogP contribution in [0.25, 0.3) is 5.69 Å². The highest BCUT2D eigenvalue weighted by atomic mass is 19.1. The third-order valence-electron chi connectivity index (χ3n) is 5.21. The van der Waals surface area contributed by atoms with Gasteiger partial charge in [-0.2, -0.15) is 5.10 Å². The zero-order valence-corrected chi connectivity index (χ0v) is 19.8. The molecule has 3 N–H and O–H groups in total. The summed E-state index contributed by atoms with van der Waals surface area (Å²) in [6.07, 6.45) is 4.00. The minimum absolute atomic E-state index is 0.0389. The molecule has 3 aromatic heterocycles. The standard InChI is InChI=1S/C25H24FN7O3/c1-15(2)21-12-23(33(31-21)18-10-16(26)13-29-14-18)32(25(27)35)17-4-6-19(7-5-17)36-20-8-9-30-22(11-20)24(34)28-3/h4-15H,1-3H3,(H2,27,35)(H,28,34). The van der Waals surface area contributed by atoms with E-state index in [2.05, 4.69) is 20.4 Å². The quantitative estimate of drug-likeness (QED) is 0.398. The van der Waals surface area contributed by atoms with Gasteiger partial charge in [0, 0.05) is 31.4 Å². The van der Waals surface area contributed by atoms with Crippen LogP contribution in [0, 0.1) is 5.82 Å². The average molecular weight is 490 g/mol. The number of pyridine rings is 2. The molecule has 3 heterocycles. The van der Waals surface area contributed by atoms with Crippen molar-refractivity contribution in [3.05, 3.63) is 84.3 Å². The van der Waals surface area contributed by atoms with E-state index in [1.165, 1.54) is 41.2 Å². The van der Waals surface area contributed by atoms with Crippen molar-refractivity contribution in [1.82, 2.24) is 25.1 Å². The van der Waals surface area contributed by atoms with Crippen molar-refractivity contribution in [2.24, 2.45) is 5.73 Å². The van der Waals surface area contributed by atoms with Gasteiger partial charge in [0.1, 0.15) is 28.8 Å². The topological polar surface area (TPSA) is 128 Å². The van der Waals surface area contributed by atoms with Crippen LogP contribution in [0.2, 0.25) is 0 Å².